The van der Waals surface area contributed by atoms with E-state index in [1.807, 2.05) is 6.92 Å². The van der Waals surface area contributed by atoms with E-state index in [2.05, 4.69) is 31.2 Å². The van der Waals surface area contributed by atoms with Crippen LogP contribution in [0.1, 0.15) is 84.5 Å². The number of allylic oxidation sites excluding steroid dienone is 3. The van der Waals surface area contributed by atoms with Crippen LogP contribution in [0.2, 0.25) is 0 Å². The van der Waals surface area contributed by atoms with E-state index < -0.39 is 0 Å². The van der Waals surface area contributed by atoms with Gasteiger partial charge in [0.1, 0.15) is 0 Å². The number of rotatable bonds is 14. The molecule has 0 saturated heterocycles. The van der Waals surface area contributed by atoms with Gasteiger partial charge in [-0.25, -0.2) is 0 Å². The second-order valence-corrected chi connectivity index (χ2v) is 5.90. The molecule has 0 aliphatic heterocycles. The molecular weight excluding hydrogens is 244 g/mol. The number of aliphatic hydroxyl groups is 1. The Hall–Kier alpha value is -0.560. The highest BCUT2D eigenvalue weighted by atomic mass is 16.3. The topological polar surface area (TPSA) is 20.2 Å². The number of hydrogen-bond acceptors (Lipinski definition) is 1. The van der Waals surface area contributed by atoms with Crippen molar-refractivity contribution in [1.82, 2.24) is 0 Å². The molecule has 0 saturated carbocycles. The Bertz CT molecular complexity index is 230. The predicted octanol–water partition coefficient (Wildman–Crippen LogP) is 6.04. The molecule has 0 heterocycles. The Morgan fingerprint density at radius 3 is 1.80 bits per heavy atom. The quantitative estimate of drug-likeness (QED) is 0.304. The molecule has 0 bridgehead atoms. The maximum atomic E-state index is 8.88. The second kappa shape index (κ2) is 16.5. The number of unbranched alkanes of at least 4 members (excludes halogenated alkanes) is 9. The Morgan fingerprint density at radius 1 is 0.750 bits per heavy atom. The van der Waals surface area contributed by atoms with Crippen LogP contribution in [0.25, 0.3) is 0 Å². The van der Waals surface area contributed by atoms with Gasteiger partial charge in [0.05, 0.1) is 0 Å². The van der Waals surface area contributed by atoms with Crippen molar-refractivity contribution in [2.75, 3.05) is 6.61 Å². The zero-order valence-electron chi connectivity index (χ0n) is 13.8. The normalized spacial score (nSPS) is 13.6. The largest absolute Gasteiger partial charge is 0.396 e. The number of hydrogen-bond donors (Lipinski definition) is 1. The van der Waals surface area contributed by atoms with Gasteiger partial charge < -0.3 is 5.11 Å². The lowest BCUT2D eigenvalue weighted by Crippen LogP contribution is -1.94. The highest BCUT2D eigenvalue weighted by Crippen LogP contribution is 2.10. The Morgan fingerprint density at radius 2 is 1.25 bits per heavy atom. The number of aliphatic hydroxyl groups excluding tert-OH is 1. The second-order valence-electron chi connectivity index (χ2n) is 5.90. The van der Waals surface area contributed by atoms with Gasteiger partial charge in [-0.05, 0) is 38.0 Å². The SMILES string of the molecule is CCCC/C=C\CCCCCCCC/C=C/C(C)CO. The van der Waals surface area contributed by atoms with Crippen molar-refractivity contribution in [2.24, 2.45) is 5.92 Å². The van der Waals surface area contributed by atoms with E-state index in [4.69, 9.17) is 5.11 Å². The zero-order chi connectivity index (χ0) is 14.9. The lowest BCUT2D eigenvalue weighted by molar-refractivity contribution is 0.262. The summed E-state index contributed by atoms with van der Waals surface area (Å²) in [5.74, 6) is 0.320. The zero-order valence-corrected chi connectivity index (χ0v) is 13.8. The maximum Gasteiger partial charge on any atom is 0.0491 e. The minimum atomic E-state index is 0.267. The fourth-order valence-electron chi connectivity index (χ4n) is 2.18. The minimum Gasteiger partial charge on any atom is -0.396 e. The van der Waals surface area contributed by atoms with Crippen LogP contribution in [0.3, 0.4) is 0 Å². The highest BCUT2D eigenvalue weighted by Gasteiger charge is 1.92. The third kappa shape index (κ3) is 15.5. The first-order valence-corrected chi connectivity index (χ1v) is 8.73. The van der Waals surface area contributed by atoms with E-state index in [9.17, 15) is 0 Å². The fraction of sp³-hybridized carbons (Fsp3) is 0.789. The molecule has 0 aromatic rings. The van der Waals surface area contributed by atoms with Crippen LogP contribution in [-0.2, 0) is 0 Å². The van der Waals surface area contributed by atoms with E-state index in [-0.39, 0.29) is 6.61 Å². The van der Waals surface area contributed by atoms with Gasteiger partial charge in [0.25, 0.3) is 0 Å². The van der Waals surface area contributed by atoms with Gasteiger partial charge in [0.15, 0.2) is 0 Å². The van der Waals surface area contributed by atoms with E-state index in [1.54, 1.807) is 0 Å². The average molecular weight is 280 g/mol. The lowest BCUT2D eigenvalue weighted by atomic mass is 10.1. The molecule has 0 radical (unpaired) electrons. The Balaban J connectivity index is 3.13. The van der Waals surface area contributed by atoms with Crippen LogP contribution in [-0.4, -0.2) is 11.7 Å². The van der Waals surface area contributed by atoms with E-state index >= 15 is 0 Å². The van der Waals surface area contributed by atoms with Crippen LogP contribution >= 0.6 is 0 Å². The summed E-state index contributed by atoms with van der Waals surface area (Å²) in [6, 6.07) is 0. The molecule has 0 aromatic heterocycles. The summed E-state index contributed by atoms with van der Waals surface area (Å²) in [5, 5.41) is 8.88. The molecule has 1 nitrogen and oxygen atoms in total. The van der Waals surface area contributed by atoms with Crippen molar-refractivity contribution in [2.45, 2.75) is 84.5 Å². The van der Waals surface area contributed by atoms with Crippen LogP contribution in [0.15, 0.2) is 24.3 Å². The first-order valence-electron chi connectivity index (χ1n) is 8.73. The molecule has 1 unspecified atom stereocenters. The highest BCUT2D eigenvalue weighted by molar-refractivity contribution is 4.85. The summed E-state index contributed by atoms with van der Waals surface area (Å²) in [4.78, 5) is 0. The molecule has 0 aliphatic rings. The van der Waals surface area contributed by atoms with Crippen molar-refractivity contribution >= 4 is 0 Å². The van der Waals surface area contributed by atoms with Crippen molar-refractivity contribution in [1.29, 1.82) is 0 Å². The molecule has 0 aliphatic carbocycles. The molecule has 1 N–H and O–H groups in total. The predicted molar refractivity (Wildman–Crippen MR) is 91.0 cm³/mol. The maximum absolute atomic E-state index is 8.88. The van der Waals surface area contributed by atoms with Gasteiger partial charge >= 0.3 is 0 Å². The van der Waals surface area contributed by atoms with Crippen LogP contribution in [0.4, 0.5) is 0 Å². The van der Waals surface area contributed by atoms with E-state index in [0.29, 0.717) is 5.92 Å². The molecule has 0 fully saturated rings. The molecule has 0 rings (SSSR count). The summed E-state index contributed by atoms with van der Waals surface area (Å²) in [7, 11) is 0. The van der Waals surface area contributed by atoms with Gasteiger partial charge in [-0.15, -0.1) is 0 Å². The van der Waals surface area contributed by atoms with Crippen LogP contribution in [0.5, 0.6) is 0 Å². The van der Waals surface area contributed by atoms with Crippen LogP contribution in [0, 0.1) is 5.92 Å². The van der Waals surface area contributed by atoms with Gasteiger partial charge in [0, 0.05) is 6.61 Å². The standard InChI is InChI=1S/C19H36O/c1-3-4-5-6-7-8-9-10-11-12-13-14-15-16-17-19(2)18-20/h6-7,16-17,19-20H,3-5,8-15,18H2,1-2H3/b7-6-,17-16+. The Labute approximate surface area is 127 Å². The summed E-state index contributed by atoms with van der Waals surface area (Å²) < 4.78 is 0. The van der Waals surface area contributed by atoms with Gasteiger partial charge in [0.2, 0.25) is 0 Å². The Kier molecular flexibility index (Phi) is 16.0. The van der Waals surface area contributed by atoms with E-state index in [1.165, 1.54) is 70.6 Å². The molecule has 20 heavy (non-hydrogen) atoms. The van der Waals surface area contributed by atoms with Gasteiger partial charge in [-0.3, -0.25) is 0 Å². The molecule has 1 atom stereocenters. The lowest BCUT2D eigenvalue weighted by Gasteiger charge is -2.00. The molecule has 0 amide bonds. The van der Waals surface area contributed by atoms with Gasteiger partial charge in [-0.2, -0.15) is 0 Å². The summed E-state index contributed by atoms with van der Waals surface area (Å²) >= 11 is 0. The summed E-state index contributed by atoms with van der Waals surface area (Å²) in [6.07, 6.45) is 23.6. The first kappa shape index (κ1) is 19.4. The third-order valence-electron chi connectivity index (χ3n) is 3.64. The van der Waals surface area contributed by atoms with Crippen molar-refractivity contribution in [3.05, 3.63) is 24.3 Å². The molecular formula is C19H36O. The monoisotopic (exact) mass is 280 g/mol. The first-order chi connectivity index (χ1) is 9.81. The van der Waals surface area contributed by atoms with E-state index in [0.717, 1.165) is 0 Å². The molecule has 118 valence electrons. The average Bonchev–Trinajstić information content (AvgIpc) is 2.47. The molecule has 0 aromatic carbocycles. The molecule has 1 heteroatoms. The van der Waals surface area contributed by atoms with Crippen molar-refractivity contribution in [3.63, 3.8) is 0 Å². The summed E-state index contributed by atoms with van der Waals surface area (Å²) in [5.41, 5.74) is 0. The smallest absolute Gasteiger partial charge is 0.0491 e. The van der Waals surface area contributed by atoms with Crippen molar-refractivity contribution in [3.8, 4) is 0 Å². The van der Waals surface area contributed by atoms with Crippen LogP contribution < -0.4 is 0 Å². The van der Waals surface area contributed by atoms with Gasteiger partial charge in [-0.1, -0.05) is 76.7 Å². The van der Waals surface area contributed by atoms with Crippen molar-refractivity contribution < 1.29 is 5.11 Å². The summed E-state index contributed by atoms with van der Waals surface area (Å²) in [6.45, 7) is 4.56. The molecule has 0 spiro atoms. The third-order valence-corrected chi connectivity index (χ3v) is 3.64. The minimum absolute atomic E-state index is 0.267. The fourth-order valence-corrected chi connectivity index (χ4v) is 2.18.